The van der Waals surface area contributed by atoms with Gasteiger partial charge in [0.15, 0.2) is 0 Å². The van der Waals surface area contributed by atoms with Crippen LogP contribution in [0.15, 0.2) is 0 Å². The molecule has 3 fully saturated rings. The minimum absolute atomic E-state index is 0.0341. The summed E-state index contributed by atoms with van der Waals surface area (Å²) in [5, 5.41) is 2.64. The number of nitrogens with one attached hydrogen (secondary N) is 1. The van der Waals surface area contributed by atoms with Crippen molar-refractivity contribution >= 4 is 29.7 Å². The van der Waals surface area contributed by atoms with Gasteiger partial charge in [-0.2, -0.15) is 0 Å². The minimum atomic E-state index is -0.895. The van der Waals surface area contributed by atoms with E-state index in [1.165, 1.54) is 0 Å². The molecule has 3 rings (SSSR count). The number of alkyl carbamates (subject to hydrolysis) is 1. The van der Waals surface area contributed by atoms with Crippen molar-refractivity contribution in [1.82, 2.24) is 10.2 Å². The second-order valence-electron chi connectivity index (χ2n) is 6.76. The third kappa shape index (κ3) is 2.16. The number of nitrogens with zero attached hydrogens (tertiary/aromatic N) is 1. The molecule has 2 aliphatic heterocycles. The molecular weight excluding hydrogens is 294 g/mol. The Balaban J connectivity index is 1.73. The SMILES string of the molecule is CC(C)(C)OC(=O)NC12CC1C1SC[C@@H](C(N)=O)N1C2=O. The van der Waals surface area contributed by atoms with Crippen molar-refractivity contribution in [2.24, 2.45) is 11.7 Å². The highest BCUT2D eigenvalue weighted by Crippen LogP contribution is 2.60. The van der Waals surface area contributed by atoms with E-state index >= 15 is 0 Å². The zero-order valence-corrected chi connectivity index (χ0v) is 13.0. The predicted molar refractivity (Wildman–Crippen MR) is 76.3 cm³/mol. The van der Waals surface area contributed by atoms with Gasteiger partial charge in [-0.05, 0) is 27.2 Å². The Labute approximate surface area is 126 Å². The van der Waals surface area contributed by atoms with Crippen LogP contribution in [0.1, 0.15) is 27.2 Å². The first kappa shape index (κ1) is 14.5. The highest BCUT2D eigenvalue weighted by molar-refractivity contribution is 8.00. The summed E-state index contributed by atoms with van der Waals surface area (Å²) in [7, 11) is 0. The van der Waals surface area contributed by atoms with E-state index in [0.29, 0.717) is 12.2 Å². The summed E-state index contributed by atoms with van der Waals surface area (Å²) < 4.78 is 5.22. The van der Waals surface area contributed by atoms with E-state index in [9.17, 15) is 14.4 Å². The standard InChI is InChI=1S/C13H19N3O4S/c1-12(2,3)20-11(19)15-13-4-6(13)9-16(10(13)18)7(5-21-9)8(14)17/h6-7,9H,4-5H2,1-3H3,(H2,14,17)(H,15,19)/t6?,7-,9?,13?/m0/s1. The smallest absolute Gasteiger partial charge is 0.408 e. The van der Waals surface area contributed by atoms with Gasteiger partial charge in [0.2, 0.25) is 11.8 Å². The fourth-order valence-electron chi connectivity index (χ4n) is 3.11. The van der Waals surface area contributed by atoms with Crippen molar-refractivity contribution in [3.8, 4) is 0 Å². The summed E-state index contributed by atoms with van der Waals surface area (Å²) in [4.78, 5) is 37.5. The van der Waals surface area contributed by atoms with Crippen LogP contribution >= 0.6 is 11.8 Å². The predicted octanol–water partition coefficient (Wildman–Crippen LogP) is 0.0388. The van der Waals surface area contributed by atoms with Crippen molar-refractivity contribution in [3.05, 3.63) is 0 Å². The lowest BCUT2D eigenvalue weighted by Crippen LogP contribution is -2.53. The Kier molecular flexibility index (Phi) is 2.96. The molecule has 3 aliphatic rings. The number of hydrogen-bond acceptors (Lipinski definition) is 5. The normalized spacial score (nSPS) is 37.0. The van der Waals surface area contributed by atoms with E-state index < -0.39 is 29.2 Å². The molecule has 0 radical (unpaired) electrons. The molecule has 0 aromatic heterocycles. The van der Waals surface area contributed by atoms with Crippen LogP contribution in [0.5, 0.6) is 0 Å². The van der Waals surface area contributed by atoms with Gasteiger partial charge in [0.1, 0.15) is 17.2 Å². The fraction of sp³-hybridized carbons (Fsp3) is 0.769. The second-order valence-corrected chi connectivity index (χ2v) is 7.91. The highest BCUT2D eigenvalue weighted by Gasteiger charge is 2.75. The Morgan fingerprint density at radius 2 is 2.14 bits per heavy atom. The van der Waals surface area contributed by atoms with Crippen molar-refractivity contribution in [2.45, 2.75) is 49.7 Å². The van der Waals surface area contributed by atoms with Gasteiger partial charge in [0.25, 0.3) is 0 Å². The van der Waals surface area contributed by atoms with Gasteiger partial charge in [-0.1, -0.05) is 0 Å². The first-order chi connectivity index (χ1) is 9.66. The maximum atomic E-state index is 12.6. The number of nitrogens with two attached hydrogens (primary N) is 1. The molecular formula is C13H19N3O4S. The molecule has 4 atom stereocenters. The van der Waals surface area contributed by atoms with Gasteiger partial charge >= 0.3 is 6.09 Å². The average Bonchev–Trinajstić information content (AvgIpc) is 2.78. The van der Waals surface area contributed by atoms with Gasteiger partial charge in [0.05, 0.1) is 5.37 Å². The second kappa shape index (κ2) is 4.28. The Hall–Kier alpha value is -1.44. The number of carbonyl (C=O) groups excluding carboxylic acids is 3. The summed E-state index contributed by atoms with van der Waals surface area (Å²) >= 11 is 1.55. The minimum Gasteiger partial charge on any atom is -0.444 e. The Bertz CT molecular complexity index is 532. The number of piperidine rings is 1. The molecule has 0 aromatic carbocycles. The van der Waals surface area contributed by atoms with E-state index in [2.05, 4.69) is 5.32 Å². The molecule has 3 unspecified atom stereocenters. The zero-order chi connectivity index (χ0) is 15.6. The van der Waals surface area contributed by atoms with Gasteiger partial charge < -0.3 is 20.7 Å². The number of ether oxygens (including phenoxy) is 1. The molecule has 1 saturated carbocycles. The van der Waals surface area contributed by atoms with Crippen LogP contribution in [0.2, 0.25) is 0 Å². The van der Waals surface area contributed by atoms with Crippen molar-refractivity contribution in [3.63, 3.8) is 0 Å². The van der Waals surface area contributed by atoms with E-state index in [1.807, 2.05) is 0 Å². The van der Waals surface area contributed by atoms with Crippen LogP contribution in [0.4, 0.5) is 4.79 Å². The summed E-state index contributed by atoms with van der Waals surface area (Å²) in [5.41, 5.74) is 3.83. The van der Waals surface area contributed by atoms with Gasteiger partial charge in [-0.25, -0.2) is 4.79 Å². The Morgan fingerprint density at radius 1 is 1.48 bits per heavy atom. The van der Waals surface area contributed by atoms with Crippen LogP contribution < -0.4 is 11.1 Å². The average molecular weight is 313 g/mol. The molecule has 0 spiro atoms. The summed E-state index contributed by atoms with van der Waals surface area (Å²) in [6, 6.07) is -0.572. The summed E-state index contributed by atoms with van der Waals surface area (Å²) in [6.07, 6.45) is 0.00482. The first-order valence-electron chi connectivity index (χ1n) is 6.90. The lowest BCUT2D eigenvalue weighted by Gasteiger charge is -2.26. The van der Waals surface area contributed by atoms with E-state index in [-0.39, 0.29) is 17.2 Å². The van der Waals surface area contributed by atoms with E-state index in [1.54, 1.807) is 37.4 Å². The number of thioether (sulfide) groups is 1. The third-order valence-electron chi connectivity index (χ3n) is 4.06. The quantitative estimate of drug-likeness (QED) is 0.749. The molecule has 21 heavy (non-hydrogen) atoms. The largest absolute Gasteiger partial charge is 0.444 e. The number of rotatable bonds is 2. The molecule has 1 aliphatic carbocycles. The fourth-order valence-corrected chi connectivity index (χ4v) is 4.77. The molecule has 0 bridgehead atoms. The molecule has 7 nitrogen and oxygen atoms in total. The number of primary amides is 1. The summed E-state index contributed by atoms with van der Waals surface area (Å²) in [6.45, 7) is 5.30. The zero-order valence-electron chi connectivity index (χ0n) is 12.2. The molecule has 0 aromatic rings. The van der Waals surface area contributed by atoms with Crippen LogP contribution in [-0.4, -0.2) is 51.1 Å². The highest BCUT2D eigenvalue weighted by atomic mass is 32.2. The first-order valence-corrected chi connectivity index (χ1v) is 7.95. The molecule has 116 valence electrons. The van der Waals surface area contributed by atoms with Gasteiger partial charge in [-0.3, -0.25) is 9.59 Å². The van der Waals surface area contributed by atoms with Gasteiger partial charge in [0, 0.05) is 11.7 Å². The van der Waals surface area contributed by atoms with E-state index in [0.717, 1.165) is 0 Å². The lowest BCUT2D eigenvalue weighted by molar-refractivity contribution is -0.138. The molecule has 3 amide bonds. The molecule has 2 heterocycles. The van der Waals surface area contributed by atoms with E-state index in [4.69, 9.17) is 10.5 Å². The topological polar surface area (TPSA) is 102 Å². The number of hydrogen-bond donors (Lipinski definition) is 2. The number of amides is 3. The van der Waals surface area contributed by atoms with Crippen molar-refractivity contribution in [2.75, 3.05) is 5.75 Å². The molecule has 3 N–H and O–H groups in total. The molecule has 2 saturated heterocycles. The van der Waals surface area contributed by atoms with Gasteiger partial charge in [-0.15, -0.1) is 11.8 Å². The Morgan fingerprint density at radius 3 is 2.71 bits per heavy atom. The molecule has 8 heteroatoms. The van der Waals surface area contributed by atoms with Crippen LogP contribution in [0, 0.1) is 5.92 Å². The summed E-state index contributed by atoms with van der Waals surface area (Å²) in [5.74, 6) is -0.138. The van der Waals surface area contributed by atoms with Crippen molar-refractivity contribution < 1.29 is 19.1 Å². The maximum absolute atomic E-state index is 12.6. The van der Waals surface area contributed by atoms with Crippen LogP contribution in [-0.2, 0) is 14.3 Å². The third-order valence-corrected chi connectivity index (χ3v) is 5.47. The maximum Gasteiger partial charge on any atom is 0.408 e. The van der Waals surface area contributed by atoms with Crippen LogP contribution in [0.25, 0.3) is 0 Å². The van der Waals surface area contributed by atoms with Crippen molar-refractivity contribution in [1.29, 1.82) is 0 Å². The lowest BCUT2D eigenvalue weighted by atomic mass is 10.2. The number of carbonyl (C=O) groups is 3. The monoisotopic (exact) mass is 313 g/mol. The number of fused-ring (bicyclic) bond motifs is 3. The van der Waals surface area contributed by atoms with Crippen LogP contribution in [0.3, 0.4) is 0 Å².